The molecule has 1 N–H and O–H groups in total. The average Bonchev–Trinajstić information content (AvgIpc) is 2.42. The first-order valence-corrected chi connectivity index (χ1v) is 5.33. The molecule has 1 aromatic heterocycles. The number of nitrogens with zero attached hydrogens (tertiary/aromatic N) is 3. The molecule has 1 aromatic carbocycles. The van der Waals surface area contributed by atoms with Crippen LogP contribution in [0.25, 0.3) is 0 Å². The van der Waals surface area contributed by atoms with Crippen LogP contribution in [0.2, 0.25) is 0 Å². The van der Waals surface area contributed by atoms with Crippen LogP contribution in [0.5, 0.6) is 11.6 Å². The topological polar surface area (TPSA) is 90.2 Å². The summed E-state index contributed by atoms with van der Waals surface area (Å²) in [6.45, 7) is 0. The van der Waals surface area contributed by atoms with E-state index in [1.54, 1.807) is 0 Å². The van der Waals surface area contributed by atoms with Crippen LogP contribution in [-0.4, -0.2) is 21.9 Å². The summed E-state index contributed by atoms with van der Waals surface area (Å²) in [4.78, 5) is 17.5. The maximum Gasteiger partial charge on any atom is 0.349 e. The summed E-state index contributed by atoms with van der Waals surface area (Å²) >= 11 is 0. The van der Waals surface area contributed by atoms with Crippen LogP contribution >= 0.6 is 0 Å². The highest BCUT2D eigenvalue weighted by molar-refractivity contribution is 5.45. The molecule has 2 rings (SSSR count). The molecule has 9 heteroatoms. The lowest BCUT2D eigenvalue weighted by Gasteiger charge is -2.06. The van der Waals surface area contributed by atoms with E-state index in [1.807, 2.05) is 0 Å². The Bertz CT molecular complexity index is 666. The summed E-state index contributed by atoms with van der Waals surface area (Å²) in [5.74, 6) is -2.58. The lowest BCUT2D eigenvalue weighted by atomic mass is 10.3. The van der Waals surface area contributed by atoms with Gasteiger partial charge in [0.1, 0.15) is 11.9 Å². The van der Waals surface area contributed by atoms with Crippen LogP contribution in [0.15, 0.2) is 24.4 Å². The second kappa shape index (κ2) is 5.43. The first kappa shape index (κ1) is 13.6. The molecule has 0 saturated carbocycles. The fraction of sp³-hybridized carbons (Fsp3) is 0.0909. The van der Waals surface area contributed by atoms with Gasteiger partial charge in [-0.15, -0.1) is 0 Å². The molecule has 0 aliphatic rings. The Balaban J connectivity index is 2.40. The quantitative estimate of drug-likeness (QED) is 0.684. The summed E-state index contributed by atoms with van der Waals surface area (Å²) in [6.07, 6.45) is 0.952. The number of ether oxygens (including phenoxy) is 1. The molecule has 104 valence electrons. The van der Waals surface area contributed by atoms with E-state index in [9.17, 15) is 18.9 Å². The third kappa shape index (κ3) is 2.76. The summed E-state index contributed by atoms with van der Waals surface area (Å²) in [6, 6.07) is 2.74. The van der Waals surface area contributed by atoms with Crippen molar-refractivity contribution in [1.29, 1.82) is 0 Å². The largest absolute Gasteiger partial charge is 0.433 e. The van der Waals surface area contributed by atoms with Crippen LogP contribution in [0.4, 0.5) is 20.4 Å². The highest BCUT2D eigenvalue weighted by Crippen LogP contribution is 2.29. The van der Waals surface area contributed by atoms with Gasteiger partial charge in [0.05, 0.1) is 4.92 Å². The standard InChI is InChI=1S/C11H8F2N4O3/c1-14-11-15-5-9(17(18)19)10(16-11)20-6-2-3-7(12)8(13)4-6/h2-5H,1H3,(H,14,15,16). The maximum absolute atomic E-state index is 13.1. The predicted molar refractivity (Wildman–Crippen MR) is 64.7 cm³/mol. The van der Waals surface area contributed by atoms with Crippen LogP contribution in [0.1, 0.15) is 0 Å². The van der Waals surface area contributed by atoms with Crippen molar-refractivity contribution < 1.29 is 18.4 Å². The molecule has 0 aliphatic carbocycles. The van der Waals surface area contributed by atoms with Gasteiger partial charge in [0, 0.05) is 13.1 Å². The number of nitrogens with one attached hydrogen (secondary N) is 1. The Morgan fingerprint density at radius 3 is 2.70 bits per heavy atom. The number of hydrogen-bond acceptors (Lipinski definition) is 6. The maximum atomic E-state index is 13.1. The first-order chi connectivity index (χ1) is 9.51. The van der Waals surface area contributed by atoms with E-state index in [0.29, 0.717) is 0 Å². The van der Waals surface area contributed by atoms with E-state index in [2.05, 4.69) is 15.3 Å². The van der Waals surface area contributed by atoms with Crippen LogP contribution in [-0.2, 0) is 0 Å². The van der Waals surface area contributed by atoms with Gasteiger partial charge in [-0.2, -0.15) is 4.98 Å². The number of benzene rings is 1. The number of hydrogen-bond donors (Lipinski definition) is 1. The van der Waals surface area contributed by atoms with Gasteiger partial charge in [0.25, 0.3) is 0 Å². The zero-order valence-corrected chi connectivity index (χ0v) is 10.1. The monoisotopic (exact) mass is 282 g/mol. The van der Waals surface area contributed by atoms with Crippen LogP contribution in [0.3, 0.4) is 0 Å². The van der Waals surface area contributed by atoms with Crippen LogP contribution in [0, 0.1) is 21.7 Å². The molecule has 20 heavy (non-hydrogen) atoms. The third-order valence-corrected chi connectivity index (χ3v) is 2.26. The number of anilines is 1. The minimum absolute atomic E-state index is 0.0909. The zero-order chi connectivity index (χ0) is 14.7. The molecule has 0 saturated heterocycles. The van der Waals surface area contributed by atoms with E-state index in [-0.39, 0.29) is 17.6 Å². The van der Waals surface area contributed by atoms with Gasteiger partial charge in [-0.1, -0.05) is 0 Å². The summed E-state index contributed by atoms with van der Waals surface area (Å²) < 4.78 is 31.0. The summed E-state index contributed by atoms with van der Waals surface area (Å²) in [5.41, 5.74) is -0.492. The van der Waals surface area contributed by atoms with Gasteiger partial charge >= 0.3 is 11.6 Å². The Labute approximate surface area is 111 Å². The van der Waals surface area contributed by atoms with Gasteiger partial charge in [0.15, 0.2) is 11.6 Å². The fourth-order valence-corrected chi connectivity index (χ4v) is 1.33. The Kier molecular flexibility index (Phi) is 3.69. The SMILES string of the molecule is CNc1ncc([N+](=O)[O-])c(Oc2ccc(F)c(F)c2)n1. The molecule has 0 bridgehead atoms. The van der Waals surface area contributed by atoms with Crippen molar-refractivity contribution in [3.8, 4) is 11.6 Å². The minimum atomic E-state index is -1.13. The number of aromatic nitrogens is 2. The lowest BCUT2D eigenvalue weighted by Crippen LogP contribution is -2.02. The summed E-state index contributed by atoms with van der Waals surface area (Å²) in [7, 11) is 1.52. The van der Waals surface area contributed by atoms with Gasteiger partial charge in [-0.25, -0.2) is 13.8 Å². The second-order valence-electron chi connectivity index (χ2n) is 3.57. The summed E-state index contributed by atoms with van der Waals surface area (Å²) in [5, 5.41) is 13.4. The molecule has 0 amide bonds. The average molecular weight is 282 g/mol. The minimum Gasteiger partial charge on any atom is -0.433 e. The fourth-order valence-electron chi connectivity index (χ4n) is 1.33. The molecule has 0 unspecified atom stereocenters. The zero-order valence-electron chi connectivity index (χ0n) is 10.1. The number of nitro groups is 1. The Morgan fingerprint density at radius 2 is 2.10 bits per heavy atom. The molecule has 1 heterocycles. The molecule has 0 spiro atoms. The van der Waals surface area contributed by atoms with Crippen molar-refractivity contribution in [3.05, 3.63) is 46.1 Å². The highest BCUT2D eigenvalue weighted by atomic mass is 19.2. The smallest absolute Gasteiger partial charge is 0.349 e. The number of rotatable bonds is 4. The second-order valence-corrected chi connectivity index (χ2v) is 3.57. The molecule has 0 fully saturated rings. The molecule has 2 aromatic rings. The van der Waals surface area contributed by atoms with Crippen molar-refractivity contribution >= 4 is 11.6 Å². The first-order valence-electron chi connectivity index (χ1n) is 5.33. The lowest BCUT2D eigenvalue weighted by molar-refractivity contribution is -0.386. The van der Waals surface area contributed by atoms with Gasteiger partial charge in [0.2, 0.25) is 5.95 Å². The van der Waals surface area contributed by atoms with Crippen molar-refractivity contribution in [3.63, 3.8) is 0 Å². The van der Waals surface area contributed by atoms with Gasteiger partial charge < -0.3 is 10.1 Å². The van der Waals surface area contributed by atoms with Crippen molar-refractivity contribution in [1.82, 2.24) is 9.97 Å². The Hall–Kier alpha value is -2.84. The third-order valence-electron chi connectivity index (χ3n) is 2.26. The Morgan fingerprint density at radius 1 is 1.35 bits per heavy atom. The van der Waals surface area contributed by atoms with E-state index in [4.69, 9.17) is 4.74 Å². The van der Waals surface area contributed by atoms with E-state index in [1.165, 1.54) is 7.05 Å². The normalized spacial score (nSPS) is 10.2. The molecular weight excluding hydrogens is 274 g/mol. The molecular formula is C11H8F2N4O3. The molecule has 0 radical (unpaired) electrons. The molecule has 0 atom stereocenters. The number of halogens is 2. The van der Waals surface area contributed by atoms with Gasteiger partial charge in [-0.05, 0) is 12.1 Å². The van der Waals surface area contributed by atoms with Crippen molar-refractivity contribution in [2.45, 2.75) is 0 Å². The van der Waals surface area contributed by atoms with Crippen molar-refractivity contribution in [2.24, 2.45) is 0 Å². The molecule has 0 aliphatic heterocycles. The highest BCUT2D eigenvalue weighted by Gasteiger charge is 2.20. The van der Waals surface area contributed by atoms with Gasteiger partial charge in [-0.3, -0.25) is 10.1 Å². The van der Waals surface area contributed by atoms with E-state index >= 15 is 0 Å². The van der Waals surface area contributed by atoms with E-state index < -0.39 is 22.2 Å². The predicted octanol–water partition coefficient (Wildman–Crippen LogP) is 2.50. The van der Waals surface area contributed by atoms with Crippen molar-refractivity contribution in [2.75, 3.05) is 12.4 Å². The van der Waals surface area contributed by atoms with E-state index in [0.717, 1.165) is 24.4 Å². The van der Waals surface area contributed by atoms with Crippen LogP contribution < -0.4 is 10.1 Å². The molecule has 7 nitrogen and oxygen atoms in total.